The van der Waals surface area contributed by atoms with Gasteiger partial charge in [-0.05, 0) is 49.8 Å². The number of hydrogen-bond acceptors (Lipinski definition) is 6. The van der Waals surface area contributed by atoms with Crippen molar-refractivity contribution in [1.29, 1.82) is 0 Å². The number of aliphatic imine (C=N–C) groups is 1. The van der Waals surface area contributed by atoms with Gasteiger partial charge in [0.05, 0.1) is 6.04 Å². The van der Waals surface area contributed by atoms with Gasteiger partial charge in [-0.15, -0.1) is 0 Å². The van der Waals surface area contributed by atoms with Crippen molar-refractivity contribution >= 4 is 34.1 Å². The monoisotopic (exact) mass is 578 g/mol. The molecule has 1 fully saturated rings. The number of carbonyl (C=O) groups excluding carboxylic acids is 3. The molecule has 216 valence electrons. The molecule has 0 spiro atoms. The van der Waals surface area contributed by atoms with Crippen LogP contribution in [-0.2, 0) is 30.8 Å². The van der Waals surface area contributed by atoms with Crippen molar-refractivity contribution in [2.75, 3.05) is 13.1 Å². The largest absolute Gasteiger partial charge is 0.370 e. The summed E-state index contributed by atoms with van der Waals surface area (Å²) in [4.78, 5) is 42.6. The van der Waals surface area contributed by atoms with Gasteiger partial charge in [0.25, 0.3) is 0 Å². The first kappa shape index (κ1) is 30.6. The van der Waals surface area contributed by atoms with E-state index in [9.17, 15) is 31.6 Å². The van der Waals surface area contributed by atoms with Crippen molar-refractivity contribution in [3.63, 3.8) is 0 Å². The van der Waals surface area contributed by atoms with E-state index in [1.807, 2.05) is 0 Å². The van der Waals surface area contributed by atoms with Crippen molar-refractivity contribution in [1.82, 2.24) is 14.9 Å². The molecule has 1 aliphatic heterocycles. The van der Waals surface area contributed by atoms with Gasteiger partial charge in [0, 0.05) is 19.2 Å². The van der Waals surface area contributed by atoms with E-state index in [0.717, 1.165) is 12.1 Å². The number of aldehydes is 1. The van der Waals surface area contributed by atoms with Crippen LogP contribution >= 0.6 is 0 Å². The Hall–Kier alpha value is -3.91. The number of amides is 2. The van der Waals surface area contributed by atoms with E-state index in [1.54, 1.807) is 30.3 Å². The first-order chi connectivity index (χ1) is 19.0. The van der Waals surface area contributed by atoms with E-state index in [1.165, 1.54) is 4.90 Å². The first-order valence-corrected chi connectivity index (χ1v) is 14.1. The van der Waals surface area contributed by atoms with Gasteiger partial charge >= 0.3 is 0 Å². The lowest BCUT2D eigenvalue weighted by Gasteiger charge is -2.29. The van der Waals surface area contributed by atoms with E-state index in [0.29, 0.717) is 37.2 Å². The van der Waals surface area contributed by atoms with Gasteiger partial charge < -0.3 is 26.5 Å². The summed E-state index contributed by atoms with van der Waals surface area (Å²) in [6.45, 7) is 0.442. The van der Waals surface area contributed by atoms with Crippen LogP contribution < -0.4 is 21.5 Å². The number of benzene rings is 2. The van der Waals surface area contributed by atoms with Crippen molar-refractivity contribution < 1.29 is 31.6 Å². The molecule has 0 aromatic heterocycles. The standard InChI is InChI=1S/C26H32F2N6O5S/c27-18-10-11-23(20(28)15-18)40(38,39)33-21(14-17-6-2-1-3-7-17)25(37)34-13-5-9-22(34)24(36)32-19(16-35)8-4-12-31-26(29)30/h1-3,6-7,10-11,15-16,19,21-22,33H,4-5,8-9,12-14H2,(H,32,36)(H4,29,30,31)/t19-,21+,22-/m0/s1. The van der Waals surface area contributed by atoms with Crippen LogP contribution in [-0.4, -0.2) is 68.6 Å². The second kappa shape index (κ2) is 13.9. The lowest BCUT2D eigenvalue weighted by molar-refractivity contribution is -0.140. The third kappa shape index (κ3) is 8.29. The summed E-state index contributed by atoms with van der Waals surface area (Å²) in [7, 11) is -4.60. The van der Waals surface area contributed by atoms with Crippen LogP contribution in [0.25, 0.3) is 0 Å². The highest BCUT2D eigenvalue weighted by atomic mass is 32.2. The third-order valence-corrected chi connectivity index (χ3v) is 7.86. The minimum Gasteiger partial charge on any atom is -0.370 e. The Morgan fingerprint density at radius 2 is 1.88 bits per heavy atom. The lowest BCUT2D eigenvalue weighted by Crippen LogP contribution is -2.55. The predicted molar refractivity (Wildman–Crippen MR) is 143 cm³/mol. The molecule has 3 rings (SSSR count). The SMILES string of the molecule is NC(N)=NCCC[C@@H](C=O)NC(=O)[C@@H]1CCCN1C(=O)[C@@H](Cc1ccccc1)NS(=O)(=O)c1ccc(F)cc1F. The van der Waals surface area contributed by atoms with Crippen LogP contribution in [0.2, 0.25) is 0 Å². The Morgan fingerprint density at radius 1 is 1.15 bits per heavy atom. The van der Waals surface area contributed by atoms with Gasteiger partial charge in [-0.25, -0.2) is 17.2 Å². The summed E-state index contributed by atoms with van der Waals surface area (Å²) < 4.78 is 56.1. The second-order valence-electron chi connectivity index (χ2n) is 9.33. The number of nitrogens with two attached hydrogens (primary N) is 2. The molecule has 0 bridgehead atoms. The Morgan fingerprint density at radius 3 is 2.52 bits per heavy atom. The molecule has 6 N–H and O–H groups in total. The number of nitrogens with zero attached hydrogens (tertiary/aromatic N) is 2. The molecular formula is C26H32F2N6O5S. The van der Waals surface area contributed by atoms with E-state index >= 15 is 0 Å². The fraction of sp³-hybridized carbons (Fsp3) is 0.385. The van der Waals surface area contributed by atoms with Gasteiger partial charge in [0.1, 0.15) is 34.9 Å². The van der Waals surface area contributed by atoms with Gasteiger partial charge in [0.15, 0.2) is 5.96 Å². The summed E-state index contributed by atoms with van der Waals surface area (Å²) >= 11 is 0. The maximum atomic E-state index is 14.3. The Labute approximate surface area is 231 Å². The van der Waals surface area contributed by atoms with Crippen LogP contribution in [0.1, 0.15) is 31.2 Å². The molecule has 11 nitrogen and oxygen atoms in total. The zero-order valence-electron chi connectivity index (χ0n) is 21.6. The van der Waals surface area contributed by atoms with Crippen LogP contribution in [0.3, 0.4) is 0 Å². The van der Waals surface area contributed by atoms with Crippen molar-refractivity contribution in [3.05, 3.63) is 65.7 Å². The van der Waals surface area contributed by atoms with Crippen molar-refractivity contribution in [2.45, 2.75) is 55.1 Å². The zero-order valence-corrected chi connectivity index (χ0v) is 22.4. The van der Waals surface area contributed by atoms with E-state index < -0.39 is 56.5 Å². The molecule has 0 radical (unpaired) electrons. The topological polar surface area (TPSA) is 177 Å². The molecule has 1 saturated heterocycles. The number of rotatable bonds is 13. The van der Waals surface area contributed by atoms with Crippen molar-refractivity contribution in [3.8, 4) is 0 Å². The molecule has 2 aromatic rings. The normalized spacial score (nSPS) is 16.6. The first-order valence-electron chi connectivity index (χ1n) is 12.6. The minimum absolute atomic E-state index is 0.0883. The molecule has 1 aliphatic rings. The molecular weight excluding hydrogens is 546 g/mol. The van der Waals surface area contributed by atoms with Gasteiger partial charge in [-0.2, -0.15) is 4.72 Å². The highest BCUT2D eigenvalue weighted by Crippen LogP contribution is 2.22. The Kier molecular flexibility index (Phi) is 10.7. The summed E-state index contributed by atoms with van der Waals surface area (Å²) in [5, 5.41) is 2.62. The summed E-state index contributed by atoms with van der Waals surface area (Å²) in [5.41, 5.74) is 11.2. The van der Waals surface area contributed by atoms with Gasteiger partial charge in [-0.3, -0.25) is 14.6 Å². The van der Waals surface area contributed by atoms with Crippen molar-refractivity contribution in [2.24, 2.45) is 16.5 Å². The van der Waals surface area contributed by atoms with E-state index in [2.05, 4.69) is 15.0 Å². The molecule has 0 saturated carbocycles. The second-order valence-corrected chi connectivity index (χ2v) is 11.0. The highest BCUT2D eigenvalue weighted by molar-refractivity contribution is 7.89. The number of halogens is 2. The molecule has 3 atom stereocenters. The zero-order chi connectivity index (χ0) is 29.3. The van der Waals surface area contributed by atoms with Crippen LogP contribution in [0.5, 0.6) is 0 Å². The average molecular weight is 579 g/mol. The van der Waals surface area contributed by atoms with Crippen LogP contribution in [0, 0.1) is 11.6 Å². The Balaban J connectivity index is 1.79. The maximum Gasteiger partial charge on any atom is 0.244 e. The average Bonchev–Trinajstić information content (AvgIpc) is 3.40. The molecule has 2 aromatic carbocycles. The number of nitrogens with one attached hydrogen (secondary N) is 2. The van der Waals surface area contributed by atoms with Crippen LogP contribution in [0.4, 0.5) is 8.78 Å². The van der Waals surface area contributed by atoms with Crippen LogP contribution in [0.15, 0.2) is 58.4 Å². The fourth-order valence-electron chi connectivity index (χ4n) is 4.45. The number of sulfonamides is 1. The minimum atomic E-state index is -4.60. The molecule has 14 heteroatoms. The number of carbonyl (C=O) groups is 3. The highest BCUT2D eigenvalue weighted by Gasteiger charge is 2.39. The van der Waals surface area contributed by atoms with Gasteiger partial charge in [-0.1, -0.05) is 30.3 Å². The molecule has 0 aliphatic carbocycles. The van der Waals surface area contributed by atoms with Gasteiger partial charge in [0.2, 0.25) is 21.8 Å². The predicted octanol–water partition coefficient (Wildman–Crippen LogP) is 0.583. The third-order valence-electron chi connectivity index (χ3n) is 6.36. The van der Waals surface area contributed by atoms with E-state index in [4.69, 9.17) is 11.5 Å². The molecule has 40 heavy (non-hydrogen) atoms. The Bertz CT molecular complexity index is 1340. The molecule has 2 amide bonds. The smallest absolute Gasteiger partial charge is 0.244 e. The fourth-order valence-corrected chi connectivity index (χ4v) is 5.70. The summed E-state index contributed by atoms with van der Waals surface area (Å²) in [6, 6.07) is 7.39. The lowest BCUT2D eigenvalue weighted by atomic mass is 10.0. The summed E-state index contributed by atoms with van der Waals surface area (Å²) in [6.07, 6.45) is 1.96. The summed E-state index contributed by atoms with van der Waals surface area (Å²) in [5.74, 6) is -3.60. The maximum absolute atomic E-state index is 14.3. The number of hydrogen-bond donors (Lipinski definition) is 4. The molecule has 1 heterocycles. The molecule has 0 unspecified atom stereocenters. The number of guanidine groups is 1. The quantitative estimate of drug-likeness (QED) is 0.116. The van der Waals surface area contributed by atoms with E-state index in [-0.39, 0.29) is 31.9 Å². The number of likely N-dealkylation sites (tertiary alicyclic amines) is 1.